The molecular weight excluding hydrogens is 590 g/mol. The predicted molar refractivity (Wildman–Crippen MR) is 156 cm³/mol. The van der Waals surface area contributed by atoms with Crippen LogP contribution in [0.25, 0.3) is 33.4 Å². The minimum atomic E-state index is -4.16. The Morgan fingerprint density at radius 2 is 1.64 bits per heavy atom. The zero-order valence-electron chi connectivity index (χ0n) is 23.2. The second kappa shape index (κ2) is 10.9. The SMILES string of the molecule is N=c1ccc2c(-c3cc(S(N)(=O)=O)ccc3C(=O)N3CCC(C(=O)ON4C(=O)CCC4=O)CC3)c3ccc(N)cc3oc-2c1. The van der Waals surface area contributed by atoms with E-state index in [2.05, 4.69) is 0 Å². The maximum atomic E-state index is 14.0. The lowest BCUT2D eigenvalue weighted by Crippen LogP contribution is -2.42. The number of nitrogens with one attached hydrogen (secondary N) is 1. The molecule has 14 heteroatoms. The number of carbonyl (C=O) groups is 4. The summed E-state index contributed by atoms with van der Waals surface area (Å²) >= 11 is 0. The Hall–Kier alpha value is -5.08. The van der Waals surface area contributed by atoms with Crippen molar-refractivity contribution in [2.75, 3.05) is 18.8 Å². The molecule has 44 heavy (non-hydrogen) atoms. The molecule has 226 valence electrons. The number of hydrogen-bond acceptors (Lipinski definition) is 10. The van der Waals surface area contributed by atoms with Crippen molar-refractivity contribution in [1.29, 1.82) is 5.41 Å². The molecule has 0 aromatic heterocycles. The van der Waals surface area contributed by atoms with Gasteiger partial charge >= 0.3 is 5.97 Å². The van der Waals surface area contributed by atoms with E-state index < -0.39 is 39.6 Å². The van der Waals surface area contributed by atoms with Crippen LogP contribution in [0.3, 0.4) is 0 Å². The third-order valence-corrected chi connectivity index (χ3v) is 8.78. The lowest BCUT2D eigenvalue weighted by atomic mass is 9.89. The first kappa shape index (κ1) is 29.0. The van der Waals surface area contributed by atoms with Gasteiger partial charge in [-0.25, -0.2) is 18.4 Å². The standard InChI is InChI=1S/C30H27N5O8S/c31-17-1-4-21-24(13-17)42-25-14-18(32)2-5-22(25)28(21)23-15-19(44(33,40)41)3-6-20(23)29(38)34-11-9-16(10-12-34)30(39)43-35-26(36)7-8-27(35)37/h1-6,13-16,31H,7-12,32H2,(H2,33,40,41). The Morgan fingerprint density at radius 1 is 0.932 bits per heavy atom. The van der Waals surface area contributed by atoms with Crippen molar-refractivity contribution in [2.45, 2.75) is 30.6 Å². The van der Waals surface area contributed by atoms with E-state index in [1.165, 1.54) is 24.3 Å². The molecule has 6 rings (SSSR count). The van der Waals surface area contributed by atoms with Gasteiger partial charge in [0.2, 0.25) is 10.0 Å². The van der Waals surface area contributed by atoms with E-state index in [-0.39, 0.29) is 60.2 Å². The van der Waals surface area contributed by atoms with Crippen molar-refractivity contribution in [3.05, 3.63) is 65.5 Å². The highest BCUT2D eigenvalue weighted by Crippen LogP contribution is 2.42. The third-order valence-electron chi connectivity index (χ3n) is 7.87. The third kappa shape index (κ3) is 5.29. The Morgan fingerprint density at radius 3 is 2.32 bits per heavy atom. The van der Waals surface area contributed by atoms with Crippen LogP contribution < -0.4 is 16.2 Å². The summed E-state index contributed by atoms with van der Waals surface area (Å²) in [6.45, 7) is 0.336. The van der Waals surface area contributed by atoms with Gasteiger partial charge in [-0.2, -0.15) is 0 Å². The highest BCUT2D eigenvalue weighted by molar-refractivity contribution is 7.89. The van der Waals surface area contributed by atoms with Gasteiger partial charge in [-0.05, 0) is 60.9 Å². The number of nitrogens with zero attached hydrogens (tertiary/aromatic N) is 2. The number of sulfonamides is 1. The molecule has 4 aliphatic rings. The van der Waals surface area contributed by atoms with Gasteiger partial charge < -0.3 is 25.3 Å². The number of anilines is 1. The molecule has 2 aromatic carbocycles. The smallest absolute Gasteiger partial charge is 0.336 e. The second-order valence-corrected chi connectivity index (χ2v) is 12.3. The highest BCUT2D eigenvalue weighted by atomic mass is 32.2. The van der Waals surface area contributed by atoms with Crippen molar-refractivity contribution in [3.8, 4) is 22.5 Å². The number of hydrogen-bond donors (Lipinski definition) is 3. The molecular formula is C30H27N5O8S. The number of fused-ring (bicyclic) bond motifs is 2. The Balaban J connectivity index is 1.38. The van der Waals surface area contributed by atoms with Crippen molar-refractivity contribution in [1.82, 2.24) is 9.96 Å². The molecule has 0 atom stereocenters. The summed E-state index contributed by atoms with van der Waals surface area (Å²) in [5.74, 6) is -2.55. The van der Waals surface area contributed by atoms with Gasteiger partial charge in [-0.3, -0.25) is 14.4 Å². The summed E-state index contributed by atoms with van der Waals surface area (Å²) in [5.41, 5.74) is 8.29. The van der Waals surface area contributed by atoms with E-state index in [0.29, 0.717) is 38.6 Å². The number of rotatable bonds is 5. The monoisotopic (exact) mass is 617 g/mol. The van der Waals surface area contributed by atoms with E-state index >= 15 is 0 Å². The molecule has 0 bridgehead atoms. The largest absolute Gasteiger partial charge is 0.456 e. The number of nitrogen functional groups attached to an aromatic ring is 1. The lowest BCUT2D eigenvalue weighted by Gasteiger charge is -2.32. The molecule has 13 nitrogen and oxygen atoms in total. The number of benzene rings is 3. The number of hydroxylamine groups is 2. The molecule has 5 N–H and O–H groups in total. The first-order valence-corrected chi connectivity index (χ1v) is 15.3. The minimum Gasteiger partial charge on any atom is -0.456 e. The normalized spacial score (nSPS) is 16.2. The fourth-order valence-corrected chi connectivity index (χ4v) is 6.14. The second-order valence-electron chi connectivity index (χ2n) is 10.8. The molecule has 1 aliphatic carbocycles. The summed E-state index contributed by atoms with van der Waals surface area (Å²) < 4.78 is 30.9. The maximum absolute atomic E-state index is 14.0. The van der Waals surface area contributed by atoms with E-state index in [1.54, 1.807) is 35.2 Å². The summed E-state index contributed by atoms with van der Waals surface area (Å²) in [6, 6.07) is 13.7. The van der Waals surface area contributed by atoms with Crippen LogP contribution in [0.5, 0.6) is 0 Å². The van der Waals surface area contributed by atoms with Crippen LogP contribution in [0.2, 0.25) is 0 Å². The van der Waals surface area contributed by atoms with Crippen molar-refractivity contribution in [2.24, 2.45) is 11.1 Å². The van der Waals surface area contributed by atoms with Gasteiger partial charge in [0.15, 0.2) is 0 Å². The first-order valence-electron chi connectivity index (χ1n) is 13.8. The molecule has 3 heterocycles. The summed E-state index contributed by atoms with van der Waals surface area (Å²) in [7, 11) is -4.16. The molecule has 3 amide bonds. The van der Waals surface area contributed by atoms with Gasteiger partial charge in [0.25, 0.3) is 17.7 Å². The average Bonchev–Trinajstić information content (AvgIpc) is 3.30. The van der Waals surface area contributed by atoms with Crippen molar-refractivity contribution in [3.63, 3.8) is 0 Å². The van der Waals surface area contributed by atoms with Crippen LogP contribution in [0.1, 0.15) is 36.0 Å². The van der Waals surface area contributed by atoms with Crippen LogP contribution in [0.4, 0.5) is 5.69 Å². The highest BCUT2D eigenvalue weighted by Gasteiger charge is 2.37. The van der Waals surface area contributed by atoms with E-state index in [4.69, 9.17) is 25.5 Å². The maximum Gasteiger partial charge on any atom is 0.336 e. The molecule has 2 saturated heterocycles. The van der Waals surface area contributed by atoms with Crippen LogP contribution >= 0.6 is 0 Å². The lowest BCUT2D eigenvalue weighted by molar-refractivity contribution is -0.201. The number of likely N-dealkylation sites (tertiary alicyclic amines) is 1. The summed E-state index contributed by atoms with van der Waals surface area (Å²) in [6.07, 6.45) is 0.437. The molecule has 0 spiro atoms. The summed E-state index contributed by atoms with van der Waals surface area (Å²) in [5, 5.41) is 14.8. The van der Waals surface area contributed by atoms with E-state index in [0.717, 1.165) is 0 Å². The predicted octanol–water partition coefficient (Wildman–Crippen LogP) is 2.37. The first-order chi connectivity index (χ1) is 20.9. The van der Waals surface area contributed by atoms with Crippen LogP contribution in [-0.4, -0.2) is 55.2 Å². The quantitative estimate of drug-likeness (QED) is 0.170. The number of primary sulfonamides is 1. The zero-order chi connectivity index (χ0) is 31.3. The number of piperidine rings is 1. The van der Waals surface area contributed by atoms with Crippen molar-refractivity contribution < 1.29 is 36.9 Å². The number of nitrogens with two attached hydrogens (primary N) is 2. The number of amides is 3. The number of imide groups is 1. The number of carbonyl (C=O) groups excluding carboxylic acids is 4. The molecule has 0 saturated carbocycles. The minimum absolute atomic E-state index is 0.0105. The van der Waals surface area contributed by atoms with Crippen LogP contribution in [0.15, 0.2) is 63.9 Å². The fourth-order valence-electron chi connectivity index (χ4n) is 5.60. The Labute approximate surface area is 250 Å². The van der Waals surface area contributed by atoms with E-state index in [1.807, 2.05) is 0 Å². The van der Waals surface area contributed by atoms with Gasteiger partial charge in [0.1, 0.15) is 11.3 Å². The molecule has 2 fully saturated rings. The van der Waals surface area contributed by atoms with Gasteiger partial charge in [-0.15, -0.1) is 5.06 Å². The van der Waals surface area contributed by atoms with Gasteiger partial charge in [0.05, 0.1) is 16.2 Å². The Bertz CT molecular complexity index is 2000. The molecule has 3 aliphatic heterocycles. The zero-order valence-corrected chi connectivity index (χ0v) is 24.1. The van der Waals surface area contributed by atoms with Crippen molar-refractivity contribution >= 4 is 50.4 Å². The molecule has 0 unspecified atom stereocenters. The molecule has 2 aromatic rings. The molecule has 0 radical (unpaired) electrons. The summed E-state index contributed by atoms with van der Waals surface area (Å²) in [4.78, 5) is 56.8. The fraction of sp³-hybridized carbons (Fsp3) is 0.233. The topological polar surface area (TPSA) is 207 Å². The van der Waals surface area contributed by atoms with Gasteiger partial charge in [-0.1, -0.05) is 0 Å². The van der Waals surface area contributed by atoms with Crippen LogP contribution in [0, 0.1) is 11.3 Å². The van der Waals surface area contributed by atoms with E-state index in [9.17, 15) is 27.6 Å². The Kier molecular flexibility index (Phi) is 7.18. The van der Waals surface area contributed by atoms with Gasteiger partial charge in [0, 0.05) is 65.8 Å². The van der Waals surface area contributed by atoms with Crippen LogP contribution in [-0.2, 0) is 29.2 Å². The average molecular weight is 618 g/mol.